The van der Waals surface area contributed by atoms with Crippen LogP contribution in [0, 0.1) is 0 Å². The fourth-order valence-corrected chi connectivity index (χ4v) is 1.75. The smallest absolute Gasteiger partial charge is 0.134 e. The first kappa shape index (κ1) is 8.38. The molecular weight excluding hydrogens is 230 g/mol. The number of para-hydroxylation sites is 1. The van der Waals surface area contributed by atoms with E-state index in [2.05, 4.69) is 15.9 Å². The van der Waals surface area contributed by atoms with Crippen LogP contribution in [0.1, 0.15) is 0 Å². The Morgan fingerprint density at radius 2 is 1.85 bits per heavy atom. The van der Waals surface area contributed by atoms with E-state index < -0.39 is 0 Å². The van der Waals surface area contributed by atoms with E-state index >= 15 is 0 Å². The van der Waals surface area contributed by atoms with Crippen molar-refractivity contribution in [2.75, 3.05) is 0 Å². The molecule has 1 N–H and O–H groups in total. The maximum Gasteiger partial charge on any atom is 0.134 e. The van der Waals surface area contributed by atoms with Crippen molar-refractivity contribution >= 4 is 15.9 Å². The highest BCUT2D eigenvalue weighted by atomic mass is 79.9. The second kappa shape index (κ2) is 3.26. The fraction of sp³-hybridized carbons (Fsp3) is 0. The molecule has 0 saturated carbocycles. The number of hydrogen-bond acceptors (Lipinski definition) is 1. The Morgan fingerprint density at radius 3 is 2.38 bits per heavy atom. The number of benzene rings is 1. The Kier molecular flexibility index (Phi) is 2.10. The number of aromatic nitrogens is 1. The fourth-order valence-electron chi connectivity index (χ4n) is 1.21. The van der Waals surface area contributed by atoms with Crippen molar-refractivity contribution in [3.63, 3.8) is 0 Å². The highest BCUT2D eigenvalue weighted by Crippen LogP contribution is 2.23. The summed E-state index contributed by atoms with van der Waals surface area (Å²) in [5.41, 5.74) is 1.02. The van der Waals surface area contributed by atoms with Crippen LogP contribution in [0.25, 0.3) is 5.69 Å². The Balaban J connectivity index is 2.53. The maximum absolute atomic E-state index is 9.24. The maximum atomic E-state index is 9.24. The monoisotopic (exact) mass is 237 g/mol. The Labute approximate surface area is 84.6 Å². The van der Waals surface area contributed by atoms with Gasteiger partial charge in [0.05, 0.1) is 10.8 Å². The van der Waals surface area contributed by atoms with Crippen LogP contribution in [-0.2, 0) is 0 Å². The van der Waals surface area contributed by atoms with E-state index in [1.54, 1.807) is 12.3 Å². The van der Waals surface area contributed by atoms with Gasteiger partial charge in [0.1, 0.15) is 5.75 Å². The number of aromatic hydroxyl groups is 1. The SMILES string of the molecule is Oc1cc(Br)n(-c2ccccc2)c1. The van der Waals surface area contributed by atoms with Crippen molar-refractivity contribution in [2.24, 2.45) is 0 Å². The summed E-state index contributed by atoms with van der Waals surface area (Å²) in [7, 11) is 0. The van der Waals surface area contributed by atoms with Crippen molar-refractivity contribution in [1.29, 1.82) is 0 Å². The number of hydrogen-bond donors (Lipinski definition) is 1. The van der Waals surface area contributed by atoms with Gasteiger partial charge in [-0.15, -0.1) is 0 Å². The Hall–Kier alpha value is -1.22. The molecule has 0 saturated heterocycles. The Morgan fingerprint density at radius 1 is 1.15 bits per heavy atom. The minimum atomic E-state index is 0.260. The van der Waals surface area contributed by atoms with Gasteiger partial charge < -0.3 is 9.67 Å². The molecule has 0 radical (unpaired) electrons. The lowest BCUT2D eigenvalue weighted by Crippen LogP contribution is -1.89. The van der Waals surface area contributed by atoms with Crippen LogP contribution in [0.2, 0.25) is 0 Å². The summed E-state index contributed by atoms with van der Waals surface area (Å²) >= 11 is 3.36. The van der Waals surface area contributed by atoms with Gasteiger partial charge in [-0.2, -0.15) is 0 Å². The molecule has 1 aromatic heterocycles. The first-order valence-electron chi connectivity index (χ1n) is 3.89. The zero-order chi connectivity index (χ0) is 9.26. The van der Waals surface area contributed by atoms with E-state index in [1.165, 1.54) is 0 Å². The van der Waals surface area contributed by atoms with E-state index in [-0.39, 0.29) is 5.75 Å². The van der Waals surface area contributed by atoms with Crippen LogP contribution >= 0.6 is 15.9 Å². The number of nitrogens with zero attached hydrogens (tertiary/aromatic N) is 1. The van der Waals surface area contributed by atoms with Gasteiger partial charge in [0, 0.05) is 11.8 Å². The minimum absolute atomic E-state index is 0.260. The molecule has 0 aliphatic heterocycles. The summed E-state index contributed by atoms with van der Waals surface area (Å²) in [6.45, 7) is 0. The van der Waals surface area contributed by atoms with Crippen LogP contribution in [0.5, 0.6) is 5.75 Å². The molecule has 2 aromatic rings. The topological polar surface area (TPSA) is 25.2 Å². The molecule has 1 aromatic carbocycles. The van der Waals surface area contributed by atoms with E-state index in [0.29, 0.717) is 0 Å². The van der Waals surface area contributed by atoms with Gasteiger partial charge in [-0.1, -0.05) is 18.2 Å². The third-order valence-electron chi connectivity index (χ3n) is 1.79. The molecule has 2 nitrogen and oxygen atoms in total. The molecule has 0 atom stereocenters. The zero-order valence-corrected chi connectivity index (χ0v) is 8.40. The van der Waals surface area contributed by atoms with E-state index in [1.807, 2.05) is 34.9 Å². The van der Waals surface area contributed by atoms with Crippen molar-refractivity contribution in [3.8, 4) is 11.4 Å². The van der Waals surface area contributed by atoms with Crippen LogP contribution in [0.15, 0.2) is 47.2 Å². The number of halogens is 1. The average molecular weight is 238 g/mol. The zero-order valence-electron chi connectivity index (χ0n) is 6.81. The lowest BCUT2D eigenvalue weighted by molar-refractivity contribution is 0.475. The third kappa shape index (κ3) is 1.60. The molecule has 0 amide bonds. The molecule has 0 unspecified atom stereocenters. The van der Waals surface area contributed by atoms with E-state index in [9.17, 15) is 5.11 Å². The molecule has 0 spiro atoms. The van der Waals surface area contributed by atoms with Crippen LogP contribution in [0.3, 0.4) is 0 Å². The normalized spacial score (nSPS) is 10.2. The summed E-state index contributed by atoms with van der Waals surface area (Å²) in [4.78, 5) is 0. The summed E-state index contributed by atoms with van der Waals surface area (Å²) in [6.07, 6.45) is 1.67. The molecular formula is C10H8BrNO. The van der Waals surface area contributed by atoms with Crippen molar-refractivity contribution in [3.05, 3.63) is 47.2 Å². The van der Waals surface area contributed by atoms with E-state index in [0.717, 1.165) is 10.3 Å². The molecule has 0 aliphatic carbocycles. The van der Waals surface area contributed by atoms with Gasteiger partial charge in [-0.3, -0.25) is 0 Å². The van der Waals surface area contributed by atoms with E-state index in [4.69, 9.17) is 0 Å². The quantitative estimate of drug-likeness (QED) is 0.811. The third-order valence-corrected chi connectivity index (χ3v) is 2.40. The standard InChI is InChI=1S/C10H8BrNO/c11-10-6-9(13)7-12(10)8-4-2-1-3-5-8/h1-7,13H. The lowest BCUT2D eigenvalue weighted by Gasteiger charge is -2.02. The second-order valence-corrected chi connectivity index (χ2v) is 3.54. The minimum Gasteiger partial charge on any atom is -0.506 e. The summed E-state index contributed by atoms with van der Waals surface area (Å²) < 4.78 is 2.71. The predicted octanol–water partition coefficient (Wildman–Crippen LogP) is 2.95. The van der Waals surface area contributed by atoms with Crippen molar-refractivity contribution in [2.45, 2.75) is 0 Å². The van der Waals surface area contributed by atoms with Gasteiger partial charge in [0.25, 0.3) is 0 Å². The molecule has 2 rings (SSSR count). The molecule has 3 heteroatoms. The van der Waals surface area contributed by atoms with Gasteiger partial charge >= 0.3 is 0 Å². The molecule has 0 bridgehead atoms. The van der Waals surface area contributed by atoms with Crippen molar-refractivity contribution < 1.29 is 5.11 Å². The molecule has 0 fully saturated rings. The van der Waals surface area contributed by atoms with Crippen LogP contribution in [0.4, 0.5) is 0 Å². The lowest BCUT2D eigenvalue weighted by atomic mass is 10.3. The highest BCUT2D eigenvalue weighted by molar-refractivity contribution is 9.10. The largest absolute Gasteiger partial charge is 0.506 e. The van der Waals surface area contributed by atoms with Crippen molar-refractivity contribution in [1.82, 2.24) is 4.57 Å². The van der Waals surface area contributed by atoms with Crippen LogP contribution < -0.4 is 0 Å². The first-order chi connectivity index (χ1) is 6.27. The summed E-state index contributed by atoms with van der Waals surface area (Å²) in [5.74, 6) is 0.260. The highest BCUT2D eigenvalue weighted by Gasteiger charge is 2.02. The number of rotatable bonds is 1. The molecule has 0 aliphatic rings. The van der Waals surface area contributed by atoms with Gasteiger partial charge in [0.15, 0.2) is 0 Å². The summed E-state index contributed by atoms with van der Waals surface area (Å²) in [6, 6.07) is 11.5. The van der Waals surface area contributed by atoms with Gasteiger partial charge in [-0.05, 0) is 28.1 Å². The average Bonchev–Trinajstić information content (AvgIpc) is 2.47. The van der Waals surface area contributed by atoms with Crippen LogP contribution in [-0.4, -0.2) is 9.67 Å². The Bertz CT molecular complexity index is 408. The molecule has 66 valence electrons. The van der Waals surface area contributed by atoms with Gasteiger partial charge in [-0.25, -0.2) is 0 Å². The first-order valence-corrected chi connectivity index (χ1v) is 4.69. The summed E-state index contributed by atoms with van der Waals surface area (Å²) in [5, 5.41) is 9.24. The second-order valence-electron chi connectivity index (χ2n) is 2.73. The van der Waals surface area contributed by atoms with Gasteiger partial charge in [0.2, 0.25) is 0 Å². The molecule has 13 heavy (non-hydrogen) atoms. The predicted molar refractivity (Wildman–Crippen MR) is 55.1 cm³/mol. The molecule has 1 heterocycles.